The van der Waals surface area contributed by atoms with Crippen molar-refractivity contribution in [1.82, 2.24) is 4.90 Å². The van der Waals surface area contributed by atoms with Crippen molar-refractivity contribution in [2.24, 2.45) is 34.0 Å². The summed E-state index contributed by atoms with van der Waals surface area (Å²) < 4.78 is 36.7. The standard InChI is InChI=1S/C27H41NO7S/c1-25(2)12-5-13-27(4)21(25)10-14-26(3)20(19(7-9-22(26)27)17-35-36(32,33)34)8-6-18-11-15-28(24(18)31)16-23(29)30/h11,17,20-22H,5-10,12-16H2,1-4H3,(H,29,30)(H,32,33,34). The molecule has 3 fully saturated rings. The van der Waals surface area contributed by atoms with Gasteiger partial charge in [0.05, 0.1) is 0 Å². The number of allylic oxidation sites excluding steroid dienone is 1. The Hall–Kier alpha value is -1.87. The second kappa shape index (κ2) is 9.46. The Morgan fingerprint density at radius 3 is 2.53 bits per heavy atom. The van der Waals surface area contributed by atoms with E-state index in [0.29, 0.717) is 48.6 Å². The van der Waals surface area contributed by atoms with Gasteiger partial charge in [0, 0.05) is 12.1 Å². The first-order valence-corrected chi connectivity index (χ1v) is 14.6. The van der Waals surface area contributed by atoms with Crippen LogP contribution in [0.25, 0.3) is 0 Å². The lowest BCUT2D eigenvalue weighted by molar-refractivity contribution is -0.154. The number of hydrogen-bond donors (Lipinski definition) is 2. The van der Waals surface area contributed by atoms with Crippen LogP contribution in [0.4, 0.5) is 0 Å². The number of hydrogen-bond acceptors (Lipinski definition) is 5. The van der Waals surface area contributed by atoms with Gasteiger partial charge in [0.15, 0.2) is 0 Å². The van der Waals surface area contributed by atoms with Gasteiger partial charge in [-0.1, -0.05) is 40.2 Å². The Kier molecular flexibility index (Phi) is 7.14. The Morgan fingerprint density at radius 2 is 1.86 bits per heavy atom. The maximum absolute atomic E-state index is 12.8. The van der Waals surface area contributed by atoms with Crippen molar-refractivity contribution in [2.75, 3.05) is 13.1 Å². The van der Waals surface area contributed by atoms with Crippen molar-refractivity contribution >= 4 is 22.3 Å². The lowest BCUT2D eigenvalue weighted by Gasteiger charge is -2.66. The molecule has 202 valence electrons. The highest BCUT2D eigenvalue weighted by Gasteiger charge is 2.61. The molecule has 8 nitrogen and oxygen atoms in total. The number of carbonyl (C=O) groups excluding carboxylic acids is 1. The number of aliphatic carboxylic acids is 1. The van der Waals surface area contributed by atoms with Crippen molar-refractivity contribution in [3.8, 4) is 0 Å². The monoisotopic (exact) mass is 523 g/mol. The van der Waals surface area contributed by atoms with Crippen LogP contribution >= 0.6 is 0 Å². The van der Waals surface area contributed by atoms with E-state index in [-0.39, 0.29) is 29.2 Å². The van der Waals surface area contributed by atoms with Crippen molar-refractivity contribution in [1.29, 1.82) is 0 Å². The molecular formula is C27H41NO7S. The summed E-state index contributed by atoms with van der Waals surface area (Å²) in [5, 5.41) is 9.08. The lowest BCUT2D eigenvalue weighted by atomic mass is 9.39. The molecule has 36 heavy (non-hydrogen) atoms. The molecule has 9 heteroatoms. The fraction of sp³-hybridized carbons (Fsp3) is 0.778. The van der Waals surface area contributed by atoms with Crippen LogP contribution in [-0.2, 0) is 24.2 Å². The van der Waals surface area contributed by atoms with Gasteiger partial charge in [0.2, 0.25) is 5.91 Å². The second-order valence-electron chi connectivity index (χ2n) is 12.7. The molecule has 0 spiro atoms. The zero-order chi connectivity index (χ0) is 26.5. The number of amides is 1. The SMILES string of the molecule is CC1(C)CCCC2(C)C1CCC1(C)C(CCC3=CCN(CC(=O)O)C3=O)C(=COS(=O)(=O)O)CCC12. The van der Waals surface area contributed by atoms with Crippen LogP contribution in [0.2, 0.25) is 0 Å². The summed E-state index contributed by atoms with van der Waals surface area (Å²) in [5.74, 6) is -0.162. The quantitative estimate of drug-likeness (QED) is 0.356. The van der Waals surface area contributed by atoms with E-state index in [4.69, 9.17) is 9.29 Å². The van der Waals surface area contributed by atoms with Crippen molar-refractivity contribution < 1.29 is 31.8 Å². The summed E-state index contributed by atoms with van der Waals surface area (Å²) in [7, 11) is -4.60. The highest BCUT2D eigenvalue weighted by molar-refractivity contribution is 7.81. The molecule has 0 saturated heterocycles. The molecule has 3 aliphatic carbocycles. The summed E-state index contributed by atoms with van der Waals surface area (Å²) >= 11 is 0. The van der Waals surface area contributed by atoms with Crippen LogP contribution in [-0.4, -0.2) is 47.9 Å². The number of nitrogens with zero attached hydrogens (tertiary/aromatic N) is 1. The summed E-state index contributed by atoms with van der Waals surface area (Å²) in [5.41, 5.74) is 1.90. The van der Waals surface area contributed by atoms with E-state index in [1.54, 1.807) is 0 Å². The number of carboxylic acids is 1. The molecule has 0 radical (unpaired) electrons. The molecule has 4 rings (SSSR count). The average molecular weight is 524 g/mol. The maximum atomic E-state index is 12.8. The summed E-state index contributed by atoms with van der Waals surface area (Å²) in [4.78, 5) is 25.2. The third-order valence-electron chi connectivity index (χ3n) is 10.3. The van der Waals surface area contributed by atoms with Crippen LogP contribution in [0.3, 0.4) is 0 Å². The molecule has 5 unspecified atom stereocenters. The molecule has 1 heterocycles. The highest BCUT2D eigenvalue weighted by atomic mass is 32.3. The minimum atomic E-state index is -4.60. The predicted octanol–water partition coefficient (Wildman–Crippen LogP) is 4.98. The normalized spacial score (nSPS) is 37.3. The molecule has 0 aromatic carbocycles. The van der Waals surface area contributed by atoms with Gasteiger partial charge in [0.1, 0.15) is 12.8 Å². The Labute approximate surface area is 215 Å². The van der Waals surface area contributed by atoms with Gasteiger partial charge in [-0.25, -0.2) is 0 Å². The Morgan fingerprint density at radius 1 is 1.14 bits per heavy atom. The van der Waals surface area contributed by atoms with Gasteiger partial charge in [0.25, 0.3) is 0 Å². The first kappa shape index (κ1) is 27.2. The van der Waals surface area contributed by atoms with Gasteiger partial charge < -0.3 is 14.2 Å². The van der Waals surface area contributed by atoms with E-state index in [2.05, 4.69) is 27.7 Å². The topological polar surface area (TPSA) is 121 Å². The summed E-state index contributed by atoms with van der Waals surface area (Å²) in [6.07, 6.45) is 11.6. The largest absolute Gasteiger partial charge is 0.480 e. The molecule has 2 N–H and O–H groups in total. The Balaban J connectivity index is 1.62. The van der Waals surface area contributed by atoms with Crippen LogP contribution in [0.1, 0.15) is 85.5 Å². The van der Waals surface area contributed by atoms with Crippen molar-refractivity contribution in [3.05, 3.63) is 23.5 Å². The lowest BCUT2D eigenvalue weighted by Crippen LogP contribution is -2.58. The molecule has 4 aliphatic rings. The Bertz CT molecular complexity index is 1080. The number of carbonyl (C=O) groups is 2. The third-order valence-corrected chi connectivity index (χ3v) is 10.6. The minimum absolute atomic E-state index is 0.00281. The first-order valence-electron chi connectivity index (χ1n) is 13.2. The predicted molar refractivity (Wildman–Crippen MR) is 135 cm³/mol. The number of fused-ring (bicyclic) bond motifs is 3. The van der Waals surface area contributed by atoms with E-state index < -0.39 is 16.4 Å². The molecule has 0 aromatic heterocycles. The van der Waals surface area contributed by atoms with Crippen LogP contribution in [0.5, 0.6) is 0 Å². The third kappa shape index (κ3) is 4.97. The number of carboxylic acid groups (broad SMARTS) is 1. The summed E-state index contributed by atoms with van der Waals surface area (Å²) in [6.45, 7) is 9.59. The fourth-order valence-corrected chi connectivity index (χ4v) is 9.10. The van der Waals surface area contributed by atoms with Crippen molar-refractivity contribution in [3.63, 3.8) is 0 Å². The summed E-state index contributed by atoms with van der Waals surface area (Å²) in [6, 6.07) is 0. The molecule has 0 bridgehead atoms. The fourth-order valence-electron chi connectivity index (χ4n) is 8.85. The molecule has 1 aliphatic heterocycles. The molecule has 3 saturated carbocycles. The second-order valence-corrected chi connectivity index (χ2v) is 13.7. The minimum Gasteiger partial charge on any atom is -0.480 e. The van der Waals surface area contributed by atoms with Crippen molar-refractivity contribution in [2.45, 2.75) is 85.5 Å². The molecule has 0 aromatic rings. The van der Waals surface area contributed by atoms with Crippen LogP contribution < -0.4 is 0 Å². The highest BCUT2D eigenvalue weighted by Crippen LogP contribution is 2.69. The molecular weight excluding hydrogens is 482 g/mol. The zero-order valence-corrected chi connectivity index (χ0v) is 22.8. The first-order chi connectivity index (χ1) is 16.7. The van der Waals surface area contributed by atoms with E-state index >= 15 is 0 Å². The van der Waals surface area contributed by atoms with Gasteiger partial charge >= 0.3 is 16.4 Å². The molecule has 5 atom stereocenters. The van der Waals surface area contributed by atoms with E-state index in [1.807, 2.05) is 6.08 Å². The van der Waals surface area contributed by atoms with Gasteiger partial charge in [-0.15, -0.1) is 0 Å². The van der Waals surface area contributed by atoms with Crippen LogP contribution in [0.15, 0.2) is 23.5 Å². The average Bonchev–Trinajstić information content (AvgIpc) is 3.08. The van der Waals surface area contributed by atoms with Gasteiger partial charge in [-0.3, -0.25) is 14.1 Å². The van der Waals surface area contributed by atoms with E-state index in [9.17, 15) is 22.6 Å². The van der Waals surface area contributed by atoms with E-state index in [1.165, 1.54) is 30.4 Å². The van der Waals surface area contributed by atoms with Crippen LogP contribution in [0, 0.1) is 34.0 Å². The molecule has 1 amide bonds. The van der Waals surface area contributed by atoms with Gasteiger partial charge in [-0.05, 0) is 90.9 Å². The smallest absolute Gasteiger partial charge is 0.445 e. The van der Waals surface area contributed by atoms with E-state index in [0.717, 1.165) is 24.8 Å². The number of rotatable bonds is 7. The zero-order valence-electron chi connectivity index (χ0n) is 22.0. The maximum Gasteiger partial charge on any atom is 0.445 e. The van der Waals surface area contributed by atoms with Gasteiger partial charge in [-0.2, -0.15) is 8.42 Å².